The van der Waals surface area contributed by atoms with Gasteiger partial charge in [0.1, 0.15) is 4.21 Å². The van der Waals surface area contributed by atoms with Crippen LogP contribution in [0.2, 0.25) is 0 Å². The van der Waals surface area contributed by atoms with Gasteiger partial charge >= 0.3 is 0 Å². The van der Waals surface area contributed by atoms with Crippen molar-refractivity contribution in [2.45, 2.75) is 61.6 Å². The highest BCUT2D eigenvalue weighted by atomic mass is 32.2. The second-order valence-electron chi connectivity index (χ2n) is 8.37. The molecule has 7 heteroatoms. The summed E-state index contributed by atoms with van der Waals surface area (Å²) in [6.45, 7) is 1.22. The van der Waals surface area contributed by atoms with Gasteiger partial charge in [-0.2, -0.15) is 4.31 Å². The Morgan fingerprint density at radius 3 is 2.23 bits per heavy atom. The number of amides is 1. The molecule has 1 saturated carbocycles. The lowest BCUT2D eigenvalue weighted by Crippen LogP contribution is -2.38. The van der Waals surface area contributed by atoms with Crippen LogP contribution in [0, 0.1) is 0 Å². The first-order chi connectivity index (χ1) is 14.5. The molecule has 162 valence electrons. The average molecular weight is 447 g/mol. The highest BCUT2D eigenvalue weighted by Crippen LogP contribution is 2.33. The van der Waals surface area contributed by atoms with Gasteiger partial charge in [-0.05, 0) is 55.5 Å². The highest BCUT2D eigenvalue weighted by Gasteiger charge is 2.27. The molecule has 1 aliphatic carbocycles. The minimum atomic E-state index is -3.40. The predicted molar refractivity (Wildman–Crippen MR) is 121 cm³/mol. The fourth-order valence-corrected chi connectivity index (χ4v) is 7.44. The summed E-state index contributed by atoms with van der Waals surface area (Å²) in [6.07, 6.45) is 8.80. The number of hydrogen-bond acceptors (Lipinski definition) is 4. The number of nitrogens with zero attached hydrogens (tertiary/aromatic N) is 2. The molecule has 1 amide bonds. The van der Waals surface area contributed by atoms with E-state index in [-0.39, 0.29) is 5.91 Å². The van der Waals surface area contributed by atoms with Gasteiger partial charge in [-0.15, -0.1) is 11.3 Å². The van der Waals surface area contributed by atoms with Gasteiger partial charge in [-0.3, -0.25) is 4.79 Å². The van der Waals surface area contributed by atoms with E-state index >= 15 is 0 Å². The quantitative estimate of drug-likeness (QED) is 0.650. The molecule has 1 aliphatic heterocycles. The van der Waals surface area contributed by atoms with Gasteiger partial charge in [0.2, 0.25) is 0 Å². The van der Waals surface area contributed by atoms with Gasteiger partial charge in [-0.25, -0.2) is 8.42 Å². The van der Waals surface area contributed by atoms with E-state index < -0.39 is 10.0 Å². The van der Waals surface area contributed by atoms with Crippen LogP contribution in [-0.4, -0.2) is 49.7 Å². The molecule has 0 spiro atoms. The maximum atomic E-state index is 12.9. The lowest BCUT2D eigenvalue weighted by Gasteiger charge is -2.31. The summed E-state index contributed by atoms with van der Waals surface area (Å²) in [6, 6.07) is 11.5. The zero-order valence-corrected chi connectivity index (χ0v) is 19.2. The first-order valence-corrected chi connectivity index (χ1v) is 13.2. The summed E-state index contributed by atoms with van der Waals surface area (Å²) >= 11 is 1.30. The number of thiophene rings is 1. The summed E-state index contributed by atoms with van der Waals surface area (Å²) in [7, 11) is -1.50. The Bertz CT molecular complexity index is 970. The van der Waals surface area contributed by atoms with E-state index in [1.165, 1.54) is 30.6 Å². The third-order valence-corrected chi connectivity index (χ3v) is 9.85. The van der Waals surface area contributed by atoms with Gasteiger partial charge in [0.05, 0.1) is 0 Å². The molecule has 4 rings (SSSR count). The maximum Gasteiger partial charge on any atom is 0.253 e. The van der Waals surface area contributed by atoms with Crippen molar-refractivity contribution < 1.29 is 13.2 Å². The van der Waals surface area contributed by atoms with Crippen molar-refractivity contribution in [3.8, 4) is 10.4 Å². The van der Waals surface area contributed by atoms with Crippen LogP contribution >= 0.6 is 11.3 Å². The molecule has 0 N–H and O–H groups in total. The van der Waals surface area contributed by atoms with Crippen molar-refractivity contribution in [3.63, 3.8) is 0 Å². The zero-order valence-electron chi connectivity index (χ0n) is 17.5. The number of piperidine rings is 1. The van der Waals surface area contributed by atoms with Crippen LogP contribution < -0.4 is 0 Å². The van der Waals surface area contributed by atoms with Crippen molar-refractivity contribution in [1.29, 1.82) is 0 Å². The minimum absolute atomic E-state index is 0.0630. The molecule has 30 heavy (non-hydrogen) atoms. The standard InChI is InChI=1S/C23H30N2O3S2/c1-24(20-8-4-2-5-9-20)23(26)19-12-10-18(11-13-19)21-14-15-22(29-21)30(27,28)25-16-6-3-7-17-25/h10-15,20H,2-9,16-17H2,1H3. The smallest absolute Gasteiger partial charge is 0.253 e. The monoisotopic (exact) mass is 446 g/mol. The third-order valence-electron chi connectivity index (χ3n) is 6.35. The Hall–Kier alpha value is -1.70. The fourth-order valence-electron chi connectivity index (χ4n) is 4.46. The summed E-state index contributed by atoms with van der Waals surface area (Å²) in [4.78, 5) is 15.6. The van der Waals surface area contributed by atoms with E-state index in [1.807, 2.05) is 42.3 Å². The normalized spacial score (nSPS) is 19.0. The van der Waals surface area contributed by atoms with Gasteiger partial charge in [0, 0.05) is 36.6 Å². The number of sulfonamides is 1. The van der Waals surface area contributed by atoms with Crippen molar-refractivity contribution >= 4 is 27.3 Å². The van der Waals surface area contributed by atoms with Crippen LogP contribution in [0.25, 0.3) is 10.4 Å². The van der Waals surface area contributed by atoms with Crippen LogP contribution in [-0.2, 0) is 10.0 Å². The molecule has 0 unspecified atom stereocenters. The molecule has 0 atom stereocenters. The van der Waals surface area contributed by atoms with E-state index in [0.717, 1.165) is 42.5 Å². The van der Waals surface area contributed by atoms with Crippen molar-refractivity contribution in [3.05, 3.63) is 42.0 Å². The summed E-state index contributed by atoms with van der Waals surface area (Å²) in [5, 5.41) is 0. The number of carbonyl (C=O) groups excluding carboxylic acids is 1. The lowest BCUT2D eigenvalue weighted by atomic mass is 9.94. The Balaban J connectivity index is 1.47. The number of benzene rings is 1. The molecule has 2 aromatic rings. The maximum absolute atomic E-state index is 12.9. The first-order valence-electron chi connectivity index (χ1n) is 10.9. The van der Waals surface area contributed by atoms with E-state index in [9.17, 15) is 13.2 Å². The van der Waals surface area contributed by atoms with Crippen LogP contribution in [0.15, 0.2) is 40.6 Å². The lowest BCUT2D eigenvalue weighted by molar-refractivity contribution is 0.0696. The largest absolute Gasteiger partial charge is 0.339 e. The van der Waals surface area contributed by atoms with Gasteiger partial charge in [0.25, 0.3) is 15.9 Å². The third kappa shape index (κ3) is 4.48. The number of carbonyl (C=O) groups is 1. The zero-order chi connectivity index (χ0) is 21.1. The van der Waals surface area contributed by atoms with Crippen LogP contribution in [0.1, 0.15) is 61.7 Å². The molecular formula is C23H30N2O3S2. The van der Waals surface area contributed by atoms with Crippen LogP contribution in [0.3, 0.4) is 0 Å². The molecule has 5 nitrogen and oxygen atoms in total. The number of hydrogen-bond donors (Lipinski definition) is 0. The van der Waals surface area contributed by atoms with E-state index in [1.54, 1.807) is 10.4 Å². The van der Waals surface area contributed by atoms with Crippen molar-refractivity contribution in [1.82, 2.24) is 9.21 Å². The second kappa shape index (κ2) is 9.20. The van der Waals surface area contributed by atoms with E-state index in [0.29, 0.717) is 28.9 Å². The Morgan fingerprint density at radius 2 is 1.57 bits per heavy atom. The van der Waals surface area contributed by atoms with E-state index in [2.05, 4.69) is 0 Å². The van der Waals surface area contributed by atoms with Crippen molar-refractivity contribution in [2.75, 3.05) is 20.1 Å². The van der Waals surface area contributed by atoms with Crippen LogP contribution in [0.4, 0.5) is 0 Å². The minimum Gasteiger partial charge on any atom is -0.339 e. The Morgan fingerprint density at radius 1 is 0.933 bits per heavy atom. The van der Waals surface area contributed by atoms with Gasteiger partial charge in [-0.1, -0.05) is 37.8 Å². The topological polar surface area (TPSA) is 57.7 Å². The predicted octanol–water partition coefficient (Wildman–Crippen LogP) is 4.99. The first kappa shape index (κ1) is 21.5. The highest BCUT2D eigenvalue weighted by molar-refractivity contribution is 7.91. The molecule has 1 aromatic heterocycles. The Labute approximate surface area is 183 Å². The molecule has 2 fully saturated rings. The average Bonchev–Trinajstić information content (AvgIpc) is 3.31. The molecular weight excluding hydrogens is 416 g/mol. The molecule has 0 bridgehead atoms. The summed E-state index contributed by atoms with van der Waals surface area (Å²) in [5.74, 6) is 0.0630. The fraction of sp³-hybridized carbons (Fsp3) is 0.522. The van der Waals surface area contributed by atoms with Gasteiger partial charge in [0.15, 0.2) is 0 Å². The van der Waals surface area contributed by atoms with Crippen LogP contribution in [0.5, 0.6) is 0 Å². The molecule has 2 aliphatic rings. The van der Waals surface area contributed by atoms with E-state index in [4.69, 9.17) is 0 Å². The van der Waals surface area contributed by atoms with Gasteiger partial charge < -0.3 is 4.90 Å². The SMILES string of the molecule is CN(C(=O)c1ccc(-c2ccc(S(=O)(=O)N3CCCCC3)s2)cc1)C1CCCCC1. The molecule has 1 aromatic carbocycles. The summed E-state index contributed by atoms with van der Waals surface area (Å²) < 4.78 is 27.8. The van der Waals surface area contributed by atoms with Crippen molar-refractivity contribution in [2.24, 2.45) is 0 Å². The molecule has 1 saturated heterocycles. The second-order valence-corrected chi connectivity index (χ2v) is 11.6. The molecule has 2 heterocycles. The number of rotatable bonds is 5. The Kier molecular flexibility index (Phi) is 6.60. The summed E-state index contributed by atoms with van der Waals surface area (Å²) in [5.41, 5.74) is 1.63. The molecule has 0 radical (unpaired) electrons.